The van der Waals surface area contributed by atoms with Gasteiger partial charge in [-0.1, -0.05) is 12.1 Å². The largest absolute Gasteiger partial charge is 0.497 e. The highest BCUT2D eigenvalue weighted by Crippen LogP contribution is 2.28. The van der Waals surface area contributed by atoms with Crippen LogP contribution in [0.3, 0.4) is 0 Å². The van der Waals surface area contributed by atoms with Crippen LogP contribution >= 0.6 is 0 Å². The molecular formula is C23H30N2O5S. The highest BCUT2D eigenvalue weighted by Gasteiger charge is 2.34. The predicted octanol–water partition coefficient (Wildman–Crippen LogP) is 3.29. The Morgan fingerprint density at radius 2 is 1.84 bits per heavy atom. The quantitative estimate of drug-likeness (QED) is 0.706. The first-order valence-electron chi connectivity index (χ1n) is 10.4. The fourth-order valence-corrected chi connectivity index (χ4v) is 5.45. The Morgan fingerprint density at radius 3 is 2.45 bits per heavy atom. The fraction of sp³-hybridized carbons (Fsp3) is 0.435. The van der Waals surface area contributed by atoms with Crippen molar-refractivity contribution in [2.45, 2.75) is 37.6 Å². The second kappa shape index (κ2) is 9.70. The van der Waals surface area contributed by atoms with Crippen LogP contribution in [0.2, 0.25) is 0 Å². The number of benzene rings is 2. The Labute approximate surface area is 184 Å². The SMILES string of the molecule is COc1ccc([C@H](C)NC(=O)[C@H]2CCCN(S(=O)(=O)c3ccc(OC)c(C)c3)C2)cc1. The predicted molar refractivity (Wildman–Crippen MR) is 119 cm³/mol. The van der Waals surface area contributed by atoms with Crippen LogP contribution in [0.25, 0.3) is 0 Å². The molecule has 2 aromatic rings. The van der Waals surface area contributed by atoms with Crippen molar-refractivity contribution in [1.82, 2.24) is 9.62 Å². The van der Waals surface area contributed by atoms with Gasteiger partial charge in [0.15, 0.2) is 0 Å². The van der Waals surface area contributed by atoms with Gasteiger partial charge in [-0.25, -0.2) is 8.42 Å². The molecule has 0 radical (unpaired) electrons. The van der Waals surface area contributed by atoms with Gasteiger partial charge in [0.2, 0.25) is 15.9 Å². The maximum Gasteiger partial charge on any atom is 0.243 e. The summed E-state index contributed by atoms with van der Waals surface area (Å²) in [6.45, 7) is 4.31. The number of hydrogen-bond acceptors (Lipinski definition) is 5. The van der Waals surface area contributed by atoms with Crippen LogP contribution in [0, 0.1) is 12.8 Å². The smallest absolute Gasteiger partial charge is 0.243 e. The van der Waals surface area contributed by atoms with Gasteiger partial charge in [-0.3, -0.25) is 4.79 Å². The van der Waals surface area contributed by atoms with Gasteiger partial charge < -0.3 is 14.8 Å². The van der Waals surface area contributed by atoms with Crippen molar-refractivity contribution < 1.29 is 22.7 Å². The summed E-state index contributed by atoms with van der Waals surface area (Å²) >= 11 is 0. The zero-order valence-electron chi connectivity index (χ0n) is 18.4. The number of nitrogens with one attached hydrogen (secondary N) is 1. The number of nitrogens with zero attached hydrogens (tertiary/aromatic N) is 1. The molecule has 1 fully saturated rings. The molecular weight excluding hydrogens is 416 g/mol. The first-order valence-corrected chi connectivity index (χ1v) is 11.8. The fourth-order valence-electron chi connectivity index (χ4n) is 3.84. The Bertz CT molecular complexity index is 1020. The molecule has 0 saturated carbocycles. The summed E-state index contributed by atoms with van der Waals surface area (Å²) in [6, 6.07) is 12.2. The minimum atomic E-state index is -3.68. The first kappa shape index (κ1) is 23.1. The molecule has 1 saturated heterocycles. The number of hydrogen-bond donors (Lipinski definition) is 1. The van der Waals surface area contributed by atoms with E-state index in [1.807, 2.05) is 38.1 Å². The third-order valence-electron chi connectivity index (χ3n) is 5.73. The van der Waals surface area contributed by atoms with Crippen molar-refractivity contribution in [3.63, 3.8) is 0 Å². The zero-order valence-corrected chi connectivity index (χ0v) is 19.2. The van der Waals surface area contributed by atoms with Crippen LogP contribution in [-0.2, 0) is 14.8 Å². The van der Waals surface area contributed by atoms with Crippen molar-refractivity contribution in [1.29, 1.82) is 0 Å². The number of carbonyl (C=O) groups is 1. The summed E-state index contributed by atoms with van der Waals surface area (Å²) in [4.78, 5) is 13.1. The van der Waals surface area contributed by atoms with Gasteiger partial charge in [0.25, 0.3) is 0 Å². The van der Waals surface area contributed by atoms with E-state index in [4.69, 9.17) is 9.47 Å². The van der Waals surface area contributed by atoms with Crippen molar-refractivity contribution in [3.05, 3.63) is 53.6 Å². The monoisotopic (exact) mass is 446 g/mol. The number of amides is 1. The van der Waals surface area contributed by atoms with Crippen molar-refractivity contribution in [2.24, 2.45) is 5.92 Å². The summed E-state index contributed by atoms with van der Waals surface area (Å²) in [5.74, 6) is 0.879. The molecule has 0 bridgehead atoms. The second-order valence-electron chi connectivity index (χ2n) is 7.84. The van der Waals surface area contributed by atoms with Gasteiger partial charge in [0.05, 0.1) is 31.1 Å². The number of ether oxygens (including phenoxy) is 2. The molecule has 1 N–H and O–H groups in total. The molecule has 8 heteroatoms. The lowest BCUT2D eigenvalue weighted by Crippen LogP contribution is -2.45. The number of aryl methyl sites for hydroxylation is 1. The molecule has 1 heterocycles. The molecule has 2 aromatic carbocycles. The standard InChI is InChI=1S/C23H30N2O5S/c1-16-14-21(11-12-22(16)30-4)31(27,28)25-13-5-6-19(15-25)23(26)24-17(2)18-7-9-20(29-3)10-8-18/h7-12,14,17,19H,5-6,13,15H2,1-4H3,(H,24,26)/t17-,19-/m0/s1. The number of carbonyl (C=O) groups excluding carboxylic acids is 1. The molecule has 1 aliphatic rings. The Morgan fingerprint density at radius 1 is 1.13 bits per heavy atom. The summed E-state index contributed by atoms with van der Waals surface area (Å²) < 4.78 is 38.1. The molecule has 3 rings (SSSR count). The van der Waals surface area contributed by atoms with Crippen LogP contribution in [-0.4, -0.2) is 45.9 Å². The van der Waals surface area contributed by atoms with E-state index >= 15 is 0 Å². The Hall–Kier alpha value is -2.58. The Kier molecular flexibility index (Phi) is 7.23. The molecule has 0 aliphatic carbocycles. The van der Waals surface area contributed by atoms with E-state index in [1.54, 1.807) is 32.4 Å². The van der Waals surface area contributed by atoms with Crippen molar-refractivity contribution in [2.75, 3.05) is 27.3 Å². The van der Waals surface area contributed by atoms with Crippen molar-refractivity contribution in [3.8, 4) is 11.5 Å². The van der Waals surface area contributed by atoms with E-state index in [9.17, 15) is 13.2 Å². The second-order valence-corrected chi connectivity index (χ2v) is 9.78. The third-order valence-corrected chi connectivity index (χ3v) is 7.59. The van der Waals surface area contributed by atoms with Gasteiger partial charge in [-0.15, -0.1) is 0 Å². The van der Waals surface area contributed by atoms with E-state index in [1.165, 1.54) is 4.31 Å². The summed E-state index contributed by atoms with van der Waals surface area (Å²) in [5.41, 5.74) is 1.71. The molecule has 2 atom stereocenters. The van der Waals surface area contributed by atoms with E-state index in [0.717, 1.165) is 16.9 Å². The zero-order chi connectivity index (χ0) is 22.6. The van der Waals surface area contributed by atoms with E-state index in [2.05, 4.69) is 5.32 Å². The average Bonchev–Trinajstić information content (AvgIpc) is 2.79. The molecule has 1 aliphatic heterocycles. The van der Waals surface area contributed by atoms with Gasteiger partial charge in [0, 0.05) is 13.1 Å². The van der Waals surface area contributed by atoms with E-state index in [0.29, 0.717) is 25.1 Å². The van der Waals surface area contributed by atoms with Crippen molar-refractivity contribution >= 4 is 15.9 Å². The lowest BCUT2D eigenvalue weighted by Gasteiger charge is -2.32. The maximum atomic E-state index is 13.2. The molecule has 168 valence electrons. The highest BCUT2D eigenvalue weighted by molar-refractivity contribution is 7.89. The summed E-state index contributed by atoms with van der Waals surface area (Å²) in [7, 11) is -0.520. The van der Waals surface area contributed by atoms with Gasteiger partial charge in [-0.2, -0.15) is 4.31 Å². The van der Waals surface area contributed by atoms with Gasteiger partial charge in [-0.05, 0) is 68.1 Å². The molecule has 1 amide bonds. The Balaban J connectivity index is 1.68. The lowest BCUT2D eigenvalue weighted by molar-refractivity contribution is -0.126. The normalized spacial score (nSPS) is 18.3. The van der Waals surface area contributed by atoms with Crippen LogP contribution < -0.4 is 14.8 Å². The van der Waals surface area contributed by atoms with Crippen LogP contribution in [0.15, 0.2) is 47.4 Å². The lowest BCUT2D eigenvalue weighted by atomic mass is 9.98. The van der Waals surface area contributed by atoms with Crippen LogP contribution in [0.4, 0.5) is 0 Å². The number of rotatable bonds is 7. The molecule has 31 heavy (non-hydrogen) atoms. The number of sulfonamides is 1. The minimum absolute atomic E-state index is 0.130. The van der Waals surface area contributed by atoms with E-state index in [-0.39, 0.29) is 29.3 Å². The van der Waals surface area contributed by atoms with Crippen LogP contribution in [0.1, 0.15) is 36.9 Å². The molecule has 7 nitrogen and oxygen atoms in total. The van der Waals surface area contributed by atoms with Gasteiger partial charge >= 0.3 is 0 Å². The molecule has 0 aromatic heterocycles. The number of methoxy groups -OCH3 is 2. The number of piperidine rings is 1. The summed E-state index contributed by atoms with van der Waals surface area (Å²) in [6.07, 6.45) is 1.30. The average molecular weight is 447 g/mol. The maximum absolute atomic E-state index is 13.2. The topological polar surface area (TPSA) is 84.9 Å². The molecule has 0 spiro atoms. The summed E-state index contributed by atoms with van der Waals surface area (Å²) in [5, 5.41) is 3.02. The first-order chi connectivity index (χ1) is 14.8. The molecule has 0 unspecified atom stereocenters. The van der Waals surface area contributed by atoms with Gasteiger partial charge in [0.1, 0.15) is 11.5 Å². The van der Waals surface area contributed by atoms with Crippen LogP contribution in [0.5, 0.6) is 11.5 Å². The third kappa shape index (κ3) is 5.19. The van der Waals surface area contributed by atoms with E-state index < -0.39 is 10.0 Å². The minimum Gasteiger partial charge on any atom is -0.497 e. The highest BCUT2D eigenvalue weighted by atomic mass is 32.2.